The number of ether oxygens (including phenoxy) is 1. The first-order valence-corrected chi connectivity index (χ1v) is 8.73. The quantitative estimate of drug-likeness (QED) is 0.794. The first-order chi connectivity index (χ1) is 13.2. The third-order valence-corrected chi connectivity index (χ3v) is 4.45. The third kappa shape index (κ3) is 4.98. The highest BCUT2D eigenvalue weighted by Crippen LogP contribution is 2.33. The number of nitrogens with zero attached hydrogens (tertiary/aromatic N) is 2. The van der Waals surface area contributed by atoms with Crippen LogP contribution in [0.2, 0.25) is 0 Å². The van der Waals surface area contributed by atoms with Crippen LogP contribution in [0.3, 0.4) is 0 Å². The van der Waals surface area contributed by atoms with Crippen molar-refractivity contribution in [2.45, 2.75) is 25.1 Å². The monoisotopic (exact) mass is 397 g/mol. The zero-order valence-electron chi connectivity index (χ0n) is 15.1. The summed E-state index contributed by atoms with van der Waals surface area (Å²) in [6, 6.07) is 6.54. The maximum atomic E-state index is 13.2. The average molecular weight is 397 g/mol. The summed E-state index contributed by atoms with van der Waals surface area (Å²) in [5, 5.41) is 2.31. The fourth-order valence-corrected chi connectivity index (χ4v) is 2.96. The minimum absolute atomic E-state index is 0.0106. The number of rotatable bonds is 4. The highest BCUT2D eigenvalue weighted by molar-refractivity contribution is 6.05. The standard InChI is InChI=1S/C19H19F4N3O2/c1-26-9-7-13(8-10-26)28-17-4-2-3-16(24-17)25-18(27)14-6-5-12(20)11-15(14)19(21,22)23/h2-6,11,13H,7-10H2,1H3,(H,24,25,27). The van der Waals surface area contributed by atoms with Crippen LogP contribution in [0.4, 0.5) is 23.4 Å². The van der Waals surface area contributed by atoms with Crippen molar-refractivity contribution in [1.82, 2.24) is 9.88 Å². The lowest BCUT2D eigenvalue weighted by molar-refractivity contribution is -0.138. The number of anilines is 1. The number of aromatic nitrogens is 1. The van der Waals surface area contributed by atoms with Crippen molar-refractivity contribution in [3.63, 3.8) is 0 Å². The molecule has 150 valence electrons. The molecule has 1 aliphatic heterocycles. The van der Waals surface area contributed by atoms with Crippen LogP contribution in [0, 0.1) is 5.82 Å². The number of amides is 1. The molecule has 0 radical (unpaired) electrons. The van der Waals surface area contributed by atoms with Gasteiger partial charge in [0.15, 0.2) is 0 Å². The summed E-state index contributed by atoms with van der Waals surface area (Å²) in [6.45, 7) is 1.79. The number of benzene rings is 1. The zero-order chi connectivity index (χ0) is 20.3. The van der Waals surface area contributed by atoms with Crippen LogP contribution in [0.15, 0.2) is 36.4 Å². The van der Waals surface area contributed by atoms with E-state index in [2.05, 4.69) is 15.2 Å². The largest absolute Gasteiger partial charge is 0.474 e. The summed E-state index contributed by atoms with van der Waals surface area (Å²) in [6.07, 6.45) is -3.21. The molecule has 0 bridgehead atoms. The highest BCUT2D eigenvalue weighted by Gasteiger charge is 2.35. The molecule has 0 spiro atoms. The van der Waals surface area contributed by atoms with E-state index in [9.17, 15) is 22.4 Å². The fourth-order valence-electron chi connectivity index (χ4n) is 2.96. The highest BCUT2D eigenvalue weighted by atomic mass is 19.4. The molecule has 1 aliphatic rings. The Morgan fingerprint density at radius 3 is 2.61 bits per heavy atom. The molecule has 0 unspecified atom stereocenters. The second kappa shape index (κ2) is 8.14. The molecule has 5 nitrogen and oxygen atoms in total. The van der Waals surface area contributed by atoms with Crippen LogP contribution in [0.1, 0.15) is 28.8 Å². The Hall–Kier alpha value is -2.68. The molecular weight excluding hydrogens is 378 g/mol. The summed E-state index contributed by atoms with van der Waals surface area (Å²) in [5.74, 6) is -1.78. The fraction of sp³-hybridized carbons (Fsp3) is 0.368. The van der Waals surface area contributed by atoms with Crippen molar-refractivity contribution >= 4 is 11.7 Å². The molecular formula is C19H19F4N3O2. The minimum atomic E-state index is -4.86. The lowest BCUT2D eigenvalue weighted by Gasteiger charge is -2.28. The van der Waals surface area contributed by atoms with Gasteiger partial charge in [-0.2, -0.15) is 18.2 Å². The number of pyridine rings is 1. The maximum absolute atomic E-state index is 13.2. The van der Waals surface area contributed by atoms with Gasteiger partial charge in [0.05, 0.1) is 11.1 Å². The van der Waals surface area contributed by atoms with Crippen LogP contribution < -0.4 is 10.1 Å². The molecule has 1 amide bonds. The summed E-state index contributed by atoms with van der Waals surface area (Å²) in [4.78, 5) is 18.6. The van der Waals surface area contributed by atoms with Crippen molar-refractivity contribution < 1.29 is 27.1 Å². The number of carbonyl (C=O) groups is 1. The topological polar surface area (TPSA) is 54.5 Å². The number of carbonyl (C=O) groups excluding carboxylic acids is 1. The zero-order valence-corrected chi connectivity index (χ0v) is 15.1. The third-order valence-electron chi connectivity index (χ3n) is 4.45. The van der Waals surface area contributed by atoms with Gasteiger partial charge in [0.1, 0.15) is 17.7 Å². The van der Waals surface area contributed by atoms with E-state index >= 15 is 0 Å². The van der Waals surface area contributed by atoms with Crippen LogP contribution in [0.5, 0.6) is 5.88 Å². The molecule has 2 aromatic rings. The SMILES string of the molecule is CN1CCC(Oc2cccc(NC(=O)c3ccc(F)cc3C(F)(F)F)n2)CC1. The maximum Gasteiger partial charge on any atom is 0.417 e. The van der Waals surface area contributed by atoms with Crippen LogP contribution in [-0.4, -0.2) is 42.0 Å². The van der Waals surface area contributed by atoms with E-state index in [-0.39, 0.29) is 17.8 Å². The number of hydrogen-bond donors (Lipinski definition) is 1. The van der Waals surface area contributed by atoms with Crippen molar-refractivity contribution in [3.8, 4) is 5.88 Å². The first kappa shape index (κ1) is 20.1. The molecule has 9 heteroatoms. The Balaban J connectivity index is 1.73. The first-order valence-electron chi connectivity index (χ1n) is 8.73. The molecule has 2 heterocycles. The van der Waals surface area contributed by atoms with Crippen LogP contribution >= 0.6 is 0 Å². The van der Waals surface area contributed by atoms with Gasteiger partial charge in [-0.25, -0.2) is 4.39 Å². The number of nitrogens with one attached hydrogen (secondary N) is 1. The van der Waals surface area contributed by atoms with Crippen molar-refractivity contribution in [1.29, 1.82) is 0 Å². The van der Waals surface area contributed by atoms with Gasteiger partial charge in [0, 0.05) is 19.2 Å². The number of halogens is 4. The van der Waals surface area contributed by atoms with E-state index in [1.165, 1.54) is 6.07 Å². The number of hydrogen-bond acceptors (Lipinski definition) is 4. The van der Waals surface area contributed by atoms with E-state index in [4.69, 9.17) is 4.74 Å². The lowest BCUT2D eigenvalue weighted by Crippen LogP contribution is -2.35. The van der Waals surface area contributed by atoms with Crippen molar-refractivity contribution in [2.24, 2.45) is 0 Å². The van der Waals surface area contributed by atoms with Gasteiger partial charge in [-0.3, -0.25) is 4.79 Å². The average Bonchev–Trinajstić information content (AvgIpc) is 2.63. The van der Waals surface area contributed by atoms with Gasteiger partial charge in [-0.1, -0.05) is 6.07 Å². The summed E-state index contributed by atoms with van der Waals surface area (Å²) < 4.78 is 58.3. The van der Waals surface area contributed by atoms with Gasteiger partial charge >= 0.3 is 6.18 Å². The molecule has 1 saturated heterocycles. The van der Waals surface area contributed by atoms with Crippen molar-refractivity contribution in [2.75, 3.05) is 25.5 Å². The Bertz CT molecular complexity index is 849. The van der Waals surface area contributed by atoms with Gasteiger partial charge in [0.25, 0.3) is 5.91 Å². The Morgan fingerprint density at radius 2 is 1.93 bits per heavy atom. The molecule has 1 aromatic carbocycles. The molecule has 28 heavy (non-hydrogen) atoms. The second-order valence-electron chi connectivity index (χ2n) is 6.62. The van der Waals surface area contributed by atoms with E-state index in [0.717, 1.165) is 38.1 Å². The summed E-state index contributed by atoms with van der Waals surface area (Å²) >= 11 is 0. The Labute approximate surface area is 159 Å². The van der Waals surface area contributed by atoms with Gasteiger partial charge in [-0.05, 0) is 44.2 Å². The van der Waals surface area contributed by atoms with E-state index in [0.29, 0.717) is 6.07 Å². The van der Waals surface area contributed by atoms with E-state index < -0.39 is 29.0 Å². The predicted octanol–water partition coefficient (Wildman–Crippen LogP) is 3.96. The van der Waals surface area contributed by atoms with Crippen LogP contribution in [0.25, 0.3) is 0 Å². The molecule has 1 fully saturated rings. The summed E-state index contributed by atoms with van der Waals surface area (Å²) in [5.41, 5.74) is -2.03. The lowest BCUT2D eigenvalue weighted by atomic mass is 10.1. The molecule has 0 aliphatic carbocycles. The summed E-state index contributed by atoms with van der Waals surface area (Å²) in [7, 11) is 2.02. The second-order valence-corrected chi connectivity index (χ2v) is 6.62. The minimum Gasteiger partial charge on any atom is -0.474 e. The molecule has 3 rings (SSSR count). The van der Waals surface area contributed by atoms with Crippen molar-refractivity contribution in [3.05, 3.63) is 53.3 Å². The molecule has 1 aromatic heterocycles. The van der Waals surface area contributed by atoms with E-state index in [1.807, 2.05) is 7.05 Å². The predicted molar refractivity (Wildman–Crippen MR) is 94.7 cm³/mol. The molecule has 0 atom stereocenters. The molecule has 1 N–H and O–H groups in total. The Kier molecular flexibility index (Phi) is 5.83. The molecule has 0 saturated carbocycles. The normalized spacial score (nSPS) is 16.0. The van der Waals surface area contributed by atoms with Gasteiger partial charge in [-0.15, -0.1) is 0 Å². The van der Waals surface area contributed by atoms with Gasteiger partial charge in [0.2, 0.25) is 5.88 Å². The van der Waals surface area contributed by atoms with Gasteiger partial charge < -0.3 is 15.0 Å². The van der Waals surface area contributed by atoms with Crippen LogP contribution in [-0.2, 0) is 6.18 Å². The number of alkyl halides is 3. The smallest absolute Gasteiger partial charge is 0.417 e. The number of likely N-dealkylation sites (tertiary alicyclic amines) is 1. The van der Waals surface area contributed by atoms with E-state index in [1.54, 1.807) is 12.1 Å². The number of piperidine rings is 1. The Morgan fingerprint density at radius 1 is 1.21 bits per heavy atom.